The molecule has 4 heteroatoms. The Kier molecular flexibility index (Phi) is 13.0. The SMILES string of the molecule is CCCCN(C)CCC(=O)NCCCCN(CC)CC. The van der Waals surface area contributed by atoms with E-state index in [1.54, 1.807) is 0 Å². The zero-order chi connectivity index (χ0) is 15.2. The van der Waals surface area contributed by atoms with E-state index < -0.39 is 0 Å². The highest BCUT2D eigenvalue weighted by atomic mass is 16.1. The zero-order valence-electron chi connectivity index (χ0n) is 14.1. The van der Waals surface area contributed by atoms with Crippen LogP contribution in [0.25, 0.3) is 0 Å². The van der Waals surface area contributed by atoms with E-state index in [0.29, 0.717) is 6.42 Å². The number of unbranched alkanes of at least 4 members (excludes halogenated alkanes) is 2. The van der Waals surface area contributed by atoms with Crippen LogP contribution in [0.1, 0.15) is 52.9 Å². The molecule has 0 aliphatic rings. The molecule has 0 saturated carbocycles. The molecule has 0 rings (SSSR count). The number of amides is 1. The van der Waals surface area contributed by atoms with Gasteiger partial charge in [-0.25, -0.2) is 0 Å². The van der Waals surface area contributed by atoms with E-state index in [0.717, 1.165) is 45.7 Å². The number of nitrogens with zero attached hydrogens (tertiary/aromatic N) is 2. The molecule has 0 unspecified atom stereocenters. The molecule has 0 saturated heterocycles. The molecular weight excluding hydrogens is 250 g/mol. The van der Waals surface area contributed by atoms with Gasteiger partial charge in [0.1, 0.15) is 0 Å². The molecule has 1 N–H and O–H groups in total. The molecule has 0 aliphatic carbocycles. The molecule has 0 atom stereocenters. The van der Waals surface area contributed by atoms with Crippen molar-refractivity contribution in [1.82, 2.24) is 15.1 Å². The number of carbonyl (C=O) groups is 1. The zero-order valence-corrected chi connectivity index (χ0v) is 14.1. The van der Waals surface area contributed by atoms with Gasteiger partial charge in [0.15, 0.2) is 0 Å². The fraction of sp³-hybridized carbons (Fsp3) is 0.938. The minimum absolute atomic E-state index is 0.191. The van der Waals surface area contributed by atoms with E-state index in [4.69, 9.17) is 0 Å². The van der Waals surface area contributed by atoms with Crippen LogP contribution in [-0.2, 0) is 4.79 Å². The normalized spacial score (nSPS) is 11.3. The van der Waals surface area contributed by atoms with Crippen molar-refractivity contribution in [1.29, 1.82) is 0 Å². The second kappa shape index (κ2) is 13.4. The van der Waals surface area contributed by atoms with Gasteiger partial charge in [-0.05, 0) is 52.5 Å². The Morgan fingerprint density at radius 3 is 2.25 bits per heavy atom. The maximum atomic E-state index is 11.7. The first kappa shape index (κ1) is 19.4. The molecule has 20 heavy (non-hydrogen) atoms. The van der Waals surface area contributed by atoms with Crippen LogP contribution in [0.15, 0.2) is 0 Å². The van der Waals surface area contributed by atoms with Crippen molar-refractivity contribution >= 4 is 5.91 Å². The van der Waals surface area contributed by atoms with E-state index in [-0.39, 0.29) is 5.91 Å². The third-order valence-corrected chi connectivity index (χ3v) is 3.73. The molecular formula is C16H35N3O. The van der Waals surface area contributed by atoms with Crippen molar-refractivity contribution in [3.05, 3.63) is 0 Å². The third-order valence-electron chi connectivity index (χ3n) is 3.73. The summed E-state index contributed by atoms with van der Waals surface area (Å²) < 4.78 is 0. The quantitative estimate of drug-likeness (QED) is 0.528. The van der Waals surface area contributed by atoms with Gasteiger partial charge >= 0.3 is 0 Å². The predicted octanol–water partition coefficient (Wildman–Crippen LogP) is 2.35. The van der Waals surface area contributed by atoms with Crippen LogP contribution < -0.4 is 5.32 Å². The second-order valence-electron chi connectivity index (χ2n) is 5.49. The van der Waals surface area contributed by atoms with Gasteiger partial charge in [0, 0.05) is 19.5 Å². The molecule has 0 fully saturated rings. The summed E-state index contributed by atoms with van der Waals surface area (Å²) in [7, 11) is 2.09. The van der Waals surface area contributed by atoms with E-state index in [2.05, 4.69) is 42.9 Å². The topological polar surface area (TPSA) is 35.6 Å². The maximum absolute atomic E-state index is 11.7. The Morgan fingerprint density at radius 2 is 1.65 bits per heavy atom. The summed E-state index contributed by atoms with van der Waals surface area (Å²) in [6.45, 7) is 12.7. The maximum Gasteiger partial charge on any atom is 0.221 e. The van der Waals surface area contributed by atoms with Crippen molar-refractivity contribution in [3.63, 3.8) is 0 Å². The average Bonchev–Trinajstić information content (AvgIpc) is 2.46. The standard InChI is InChI=1S/C16H35N3O/c1-5-8-13-18(4)15-11-16(20)17-12-9-10-14-19(6-2)7-3/h5-15H2,1-4H3,(H,17,20). The fourth-order valence-electron chi connectivity index (χ4n) is 2.15. The summed E-state index contributed by atoms with van der Waals surface area (Å²) in [5.74, 6) is 0.191. The molecule has 0 aromatic carbocycles. The van der Waals surface area contributed by atoms with Crippen molar-refractivity contribution in [2.75, 3.05) is 46.3 Å². The van der Waals surface area contributed by atoms with Gasteiger partial charge in [0.2, 0.25) is 5.91 Å². The van der Waals surface area contributed by atoms with E-state index >= 15 is 0 Å². The molecule has 4 nitrogen and oxygen atoms in total. The van der Waals surface area contributed by atoms with Crippen molar-refractivity contribution in [2.24, 2.45) is 0 Å². The lowest BCUT2D eigenvalue weighted by atomic mass is 10.2. The van der Waals surface area contributed by atoms with Crippen LogP contribution in [0.5, 0.6) is 0 Å². The number of nitrogens with one attached hydrogen (secondary N) is 1. The van der Waals surface area contributed by atoms with Crippen LogP contribution in [0, 0.1) is 0 Å². The monoisotopic (exact) mass is 285 g/mol. The highest BCUT2D eigenvalue weighted by Gasteiger charge is 2.04. The number of hydrogen-bond acceptors (Lipinski definition) is 3. The van der Waals surface area contributed by atoms with E-state index in [9.17, 15) is 4.79 Å². The van der Waals surface area contributed by atoms with Gasteiger partial charge < -0.3 is 15.1 Å². The van der Waals surface area contributed by atoms with Crippen molar-refractivity contribution in [2.45, 2.75) is 52.9 Å². The average molecular weight is 285 g/mol. The molecule has 0 radical (unpaired) electrons. The highest BCUT2D eigenvalue weighted by molar-refractivity contribution is 5.75. The van der Waals surface area contributed by atoms with E-state index in [1.165, 1.54) is 19.3 Å². The van der Waals surface area contributed by atoms with Crippen LogP contribution in [0.2, 0.25) is 0 Å². The van der Waals surface area contributed by atoms with Crippen molar-refractivity contribution in [3.8, 4) is 0 Å². The fourth-order valence-corrected chi connectivity index (χ4v) is 2.15. The molecule has 0 heterocycles. The first-order valence-corrected chi connectivity index (χ1v) is 8.31. The Bertz CT molecular complexity index is 230. The summed E-state index contributed by atoms with van der Waals surface area (Å²) in [5, 5.41) is 3.02. The first-order chi connectivity index (χ1) is 9.63. The van der Waals surface area contributed by atoms with Crippen LogP contribution in [-0.4, -0.2) is 62.0 Å². The van der Waals surface area contributed by atoms with Crippen molar-refractivity contribution < 1.29 is 4.79 Å². The van der Waals surface area contributed by atoms with Gasteiger partial charge in [-0.3, -0.25) is 4.79 Å². The lowest BCUT2D eigenvalue weighted by Gasteiger charge is -2.18. The minimum atomic E-state index is 0.191. The Hall–Kier alpha value is -0.610. The number of carbonyl (C=O) groups excluding carboxylic acids is 1. The molecule has 0 aromatic rings. The Balaban J connectivity index is 3.45. The first-order valence-electron chi connectivity index (χ1n) is 8.31. The van der Waals surface area contributed by atoms with Gasteiger partial charge in [-0.15, -0.1) is 0 Å². The smallest absolute Gasteiger partial charge is 0.221 e. The largest absolute Gasteiger partial charge is 0.356 e. The van der Waals surface area contributed by atoms with E-state index in [1.807, 2.05) is 0 Å². The molecule has 0 aromatic heterocycles. The molecule has 0 aliphatic heterocycles. The molecule has 0 spiro atoms. The Labute approximate surface area is 125 Å². The molecule has 1 amide bonds. The van der Waals surface area contributed by atoms with Gasteiger partial charge in [0.05, 0.1) is 0 Å². The van der Waals surface area contributed by atoms with Crippen LogP contribution in [0.4, 0.5) is 0 Å². The van der Waals surface area contributed by atoms with Gasteiger partial charge in [-0.1, -0.05) is 27.2 Å². The number of rotatable bonds is 13. The second-order valence-corrected chi connectivity index (χ2v) is 5.49. The summed E-state index contributed by atoms with van der Waals surface area (Å²) in [6.07, 6.45) is 5.29. The third kappa shape index (κ3) is 11.2. The highest BCUT2D eigenvalue weighted by Crippen LogP contribution is 1.95. The molecule has 120 valence electrons. The summed E-state index contributed by atoms with van der Waals surface area (Å²) in [5.41, 5.74) is 0. The lowest BCUT2D eigenvalue weighted by molar-refractivity contribution is -0.121. The van der Waals surface area contributed by atoms with Crippen LogP contribution in [0.3, 0.4) is 0 Å². The molecule has 0 bridgehead atoms. The van der Waals surface area contributed by atoms with Gasteiger partial charge in [0.25, 0.3) is 0 Å². The Morgan fingerprint density at radius 1 is 0.950 bits per heavy atom. The van der Waals surface area contributed by atoms with Crippen LogP contribution >= 0.6 is 0 Å². The predicted molar refractivity (Wildman–Crippen MR) is 87.1 cm³/mol. The lowest BCUT2D eigenvalue weighted by Crippen LogP contribution is -2.30. The number of hydrogen-bond donors (Lipinski definition) is 1. The summed E-state index contributed by atoms with van der Waals surface area (Å²) >= 11 is 0. The summed E-state index contributed by atoms with van der Waals surface area (Å²) in [6, 6.07) is 0. The summed E-state index contributed by atoms with van der Waals surface area (Å²) in [4.78, 5) is 16.3. The van der Waals surface area contributed by atoms with Gasteiger partial charge in [-0.2, -0.15) is 0 Å². The minimum Gasteiger partial charge on any atom is -0.356 e.